The van der Waals surface area contributed by atoms with Crippen LogP contribution in [-0.2, 0) is 14.8 Å². The van der Waals surface area contributed by atoms with Gasteiger partial charge in [0.05, 0.1) is 5.92 Å². The number of hydrogen-bond donors (Lipinski definition) is 1. The fraction of sp³-hybridized carbons (Fsp3) is 0.583. The first-order valence-corrected chi connectivity index (χ1v) is 7.57. The maximum atomic E-state index is 12.4. The Morgan fingerprint density at radius 3 is 2.63 bits per heavy atom. The van der Waals surface area contributed by atoms with Crippen molar-refractivity contribution >= 4 is 16.0 Å². The molecule has 1 aromatic rings. The van der Waals surface area contributed by atoms with Gasteiger partial charge in [-0.05, 0) is 38.8 Å². The molecule has 7 heteroatoms. The number of hydrogen-bond acceptors (Lipinski definition) is 4. The highest BCUT2D eigenvalue weighted by Crippen LogP contribution is 2.28. The average molecular weight is 287 g/mol. The van der Waals surface area contributed by atoms with E-state index in [4.69, 9.17) is 9.52 Å². The van der Waals surface area contributed by atoms with Gasteiger partial charge in [0.25, 0.3) is 10.0 Å². The molecule has 6 nitrogen and oxygen atoms in total. The molecule has 19 heavy (non-hydrogen) atoms. The molecule has 2 atom stereocenters. The molecule has 1 aliphatic rings. The van der Waals surface area contributed by atoms with Gasteiger partial charge >= 0.3 is 5.97 Å². The quantitative estimate of drug-likeness (QED) is 0.909. The van der Waals surface area contributed by atoms with Crippen LogP contribution in [0.25, 0.3) is 0 Å². The smallest absolute Gasteiger partial charge is 0.307 e. The third kappa shape index (κ3) is 2.66. The molecule has 2 rings (SSSR count). The van der Waals surface area contributed by atoms with Crippen molar-refractivity contribution in [3.8, 4) is 0 Å². The van der Waals surface area contributed by atoms with E-state index < -0.39 is 21.9 Å². The van der Waals surface area contributed by atoms with Crippen LogP contribution in [0, 0.1) is 12.8 Å². The summed E-state index contributed by atoms with van der Waals surface area (Å²) in [6.07, 6.45) is 1.04. The van der Waals surface area contributed by atoms with Crippen molar-refractivity contribution in [2.75, 3.05) is 6.54 Å². The van der Waals surface area contributed by atoms with Crippen molar-refractivity contribution < 1.29 is 22.7 Å². The molecule has 1 aromatic heterocycles. The first-order valence-electron chi connectivity index (χ1n) is 6.13. The highest BCUT2D eigenvalue weighted by molar-refractivity contribution is 7.89. The number of nitrogens with zero attached hydrogens (tertiary/aromatic N) is 1. The van der Waals surface area contributed by atoms with Gasteiger partial charge in [-0.3, -0.25) is 4.79 Å². The Labute approximate surface area is 112 Å². The summed E-state index contributed by atoms with van der Waals surface area (Å²) in [7, 11) is -3.75. The van der Waals surface area contributed by atoms with E-state index in [0.29, 0.717) is 18.6 Å². The number of furan rings is 1. The topological polar surface area (TPSA) is 87.8 Å². The predicted molar refractivity (Wildman–Crippen MR) is 67.2 cm³/mol. The lowest BCUT2D eigenvalue weighted by molar-refractivity contribution is -0.143. The Morgan fingerprint density at radius 1 is 1.42 bits per heavy atom. The zero-order valence-electron chi connectivity index (χ0n) is 10.9. The summed E-state index contributed by atoms with van der Waals surface area (Å²) in [5.41, 5.74) is 0. The summed E-state index contributed by atoms with van der Waals surface area (Å²) < 4.78 is 31.2. The van der Waals surface area contributed by atoms with E-state index in [2.05, 4.69) is 0 Å². The molecular formula is C12H17NO5S. The van der Waals surface area contributed by atoms with Crippen molar-refractivity contribution in [3.63, 3.8) is 0 Å². The number of carboxylic acid groups (broad SMARTS) is 1. The normalized spacial score (nSPS) is 25.4. The maximum Gasteiger partial charge on any atom is 0.307 e. The molecule has 1 N–H and O–H groups in total. The van der Waals surface area contributed by atoms with Gasteiger partial charge in [-0.2, -0.15) is 4.31 Å². The summed E-state index contributed by atoms with van der Waals surface area (Å²) in [6, 6.07) is 2.77. The van der Waals surface area contributed by atoms with Crippen molar-refractivity contribution in [1.82, 2.24) is 4.31 Å². The van der Waals surface area contributed by atoms with Crippen LogP contribution >= 0.6 is 0 Å². The third-order valence-corrected chi connectivity index (χ3v) is 5.31. The lowest BCUT2D eigenvalue weighted by atomic mass is 9.96. The van der Waals surface area contributed by atoms with Crippen LogP contribution in [0.4, 0.5) is 0 Å². The van der Waals surface area contributed by atoms with Gasteiger partial charge in [0.2, 0.25) is 5.09 Å². The fourth-order valence-electron chi connectivity index (χ4n) is 2.28. The number of carboxylic acids is 1. The molecule has 0 aliphatic carbocycles. The fourth-order valence-corrected chi connectivity index (χ4v) is 3.94. The van der Waals surface area contributed by atoms with Crippen LogP contribution in [0.5, 0.6) is 0 Å². The van der Waals surface area contributed by atoms with Gasteiger partial charge in [0, 0.05) is 12.6 Å². The van der Waals surface area contributed by atoms with Crippen LogP contribution in [0.2, 0.25) is 0 Å². The number of sulfonamides is 1. The molecule has 2 heterocycles. The largest absolute Gasteiger partial charge is 0.481 e. The van der Waals surface area contributed by atoms with Crippen molar-refractivity contribution in [2.24, 2.45) is 5.92 Å². The summed E-state index contributed by atoms with van der Waals surface area (Å²) in [5, 5.41) is 8.92. The second-order valence-corrected chi connectivity index (χ2v) is 6.72. The SMILES string of the molecule is Cc1ccc(S(=O)(=O)N2CC(C(=O)O)CCC2C)o1. The van der Waals surface area contributed by atoms with Crippen LogP contribution in [0.15, 0.2) is 21.6 Å². The van der Waals surface area contributed by atoms with Gasteiger partial charge in [-0.1, -0.05) is 0 Å². The summed E-state index contributed by atoms with van der Waals surface area (Å²) >= 11 is 0. The molecule has 1 saturated heterocycles. The number of aryl methyl sites for hydroxylation is 1. The first kappa shape index (κ1) is 14.1. The van der Waals surface area contributed by atoms with Gasteiger partial charge in [-0.15, -0.1) is 0 Å². The van der Waals surface area contributed by atoms with Gasteiger partial charge in [-0.25, -0.2) is 8.42 Å². The minimum atomic E-state index is -3.75. The molecule has 2 unspecified atom stereocenters. The minimum Gasteiger partial charge on any atom is -0.481 e. The van der Waals surface area contributed by atoms with Crippen LogP contribution in [0.3, 0.4) is 0 Å². The van der Waals surface area contributed by atoms with E-state index in [0.717, 1.165) is 0 Å². The molecule has 0 amide bonds. The highest BCUT2D eigenvalue weighted by atomic mass is 32.2. The Hall–Kier alpha value is -1.34. The first-order chi connectivity index (χ1) is 8.82. The molecular weight excluding hydrogens is 270 g/mol. The Balaban J connectivity index is 2.30. The van der Waals surface area contributed by atoms with Gasteiger partial charge in [0.15, 0.2) is 0 Å². The predicted octanol–water partition coefficient (Wildman–Crippen LogP) is 1.46. The molecule has 106 valence electrons. The lowest BCUT2D eigenvalue weighted by Gasteiger charge is -2.34. The number of carbonyl (C=O) groups is 1. The van der Waals surface area contributed by atoms with Crippen LogP contribution < -0.4 is 0 Å². The van der Waals surface area contributed by atoms with Crippen molar-refractivity contribution in [2.45, 2.75) is 37.8 Å². The standard InChI is InChI=1S/C12H17NO5S/c1-8-3-5-10(12(14)15)7-13(8)19(16,17)11-6-4-9(2)18-11/h4,6,8,10H,3,5,7H2,1-2H3,(H,14,15). The zero-order chi connectivity index (χ0) is 14.2. The van der Waals surface area contributed by atoms with Crippen molar-refractivity contribution in [3.05, 3.63) is 17.9 Å². The molecule has 1 aliphatic heterocycles. The lowest BCUT2D eigenvalue weighted by Crippen LogP contribution is -2.47. The van der Waals surface area contributed by atoms with Crippen LogP contribution in [-0.4, -0.2) is 36.4 Å². The second kappa shape index (κ2) is 4.97. The molecule has 1 fully saturated rings. The zero-order valence-corrected chi connectivity index (χ0v) is 11.7. The summed E-state index contributed by atoms with van der Waals surface area (Å²) in [5.74, 6) is -1.09. The molecule has 0 bridgehead atoms. The van der Waals surface area contributed by atoms with Gasteiger partial charge < -0.3 is 9.52 Å². The van der Waals surface area contributed by atoms with E-state index in [1.807, 2.05) is 0 Å². The van der Waals surface area contributed by atoms with E-state index in [-0.39, 0.29) is 17.7 Å². The second-order valence-electron chi connectivity index (χ2n) is 4.90. The Bertz CT molecular complexity index is 577. The molecule has 0 spiro atoms. The summed E-state index contributed by atoms with van der Waals surface area (Å²) in [6.45, 7) is 3.45. The van der Waals surface area contributed by atoms with Crippen molar-refractivity contribution in [1.29, 1.82) is 0 Å². The molecule has 0 radical (unpaired) electrons. The maximum absolute atomic E-state index is 12.4. The molecule has 0 aromatic carbocycles. The Morgan fingerprint density at radius 2 is 2.11 bits per heavy atom. The third-order valence-electron chi connectivity index (χ3n) is 3.45. The number of piperidine rings is 1. The van der Waals surface area contributed by atoms with E-state index in [1.165, 1.54) is 10.4 Å². The van der Waals surface area contributed by atoms with E-state index in [1.54, 1.807) is 19.9 Å². The highest BCUT2D eigenvalue weighted by Gasteiger charge is 2.38. The number of aliphatic carboxylic acids is 1. The van der Waals surface area contributed by atoms with E-state index in [9.17, 15) is 13.2 Å². The Kier molecular flexibility index (Phi) is 3.69. The average Bonchev–Trinajstić information content (AvgIpc) is 2.76. The minimum absolute atomic E-state index is 0.00141. The molecule has 0 saturated carbocycles. The van der Waals surface area contributed by atoms with Crippen LogP contribution in [0.1, 0.15) is 25.5 Å². The monoisotopic (exact) mass is 287 g/mol. The number of rotatable bonds is 3. The van der Waals surface area contributed by atoms with Gasteiger partial charge in [0.1, 0.15) is 5.76 Å². The summed E-state index contributed by atoms with van der Waals surface area (Å²) in [4.78, 5) is 11.0. The van der Waals surface area contributed by atoms with E-state index >= 15 is 0 Å².